The fourth-order valence-electron chi connectivity index (χ4n) is 2.63. The number of pyridine rings is 1. The molecule has 6 heteroatoms. The first-order valence-electron chi connectivity index (χ1n) is 7.94. The third-order valence-electron chi connectivity index (χ3n) is 3.91. The fourth-order valence-corrected chi connectivity index (χ4v) is 2.63. The van der Waals surface area contributed by atoms with E-state index in [2.05, 4.69) is 5.10 Å². The van der Waals surface area contributed by atoms with Gasteiger partial charge in [0.15, 0.2) is 5.65 Å². The van der Waals surface area contributed by atoms with Crippen molar-refractivity contribution in [2.24, 2.45) is 0 Å². The molecule has 3 aromatic rings. The maximum absolute atomic E-state index is 12.7. The molecule has 6 nitrogen and oxygen atoms in total. The van der Waals surface area contributed by atoms with Crippen LogP contribution in [0.15, 0.2) is 59.5 Å². The van der Waals surface area contributed by atoms with Crippen molar-refractivity contribution in [2.75, 3.05) is 0 Å². The van der Waals surface area contributed by atoms with Gasteiger partial charge in [-0.1, -0.05) is 36.4 Å². The maximum Gasteiger partial charge on any atom is 0.350 e. The van der Waals surface area contributed by atoms with Crippen molar-refractivity contribution in [3.05, 3.63) is 70.8 Å². The van der Waals surface area contributed by atoms with Gasteiger partial charge in [-0.3, -0.25) is 9.20 Å². The molecule has 24 heavy (non-hydrogen) atoms. The van der Waals surface area contributed by atoms with Crippen LogP contribution in [0.4, 0.5) is 0 Å². The summed E-state index contributed by atoms with van der Waals surface area (Å²) in [5.74, 6) is -0.126. The Balaban J connectivity index is 1.82. The predicted octanol–water partition coefficient (Wildman–Crippen LogP) is 1.93. The Hall–Kier alpha value is -2.89. The van der Waals surface area contributed by atoms with E-state index in [0.717, 1.165) is 5.56 Å². The standard InChI is InChI=1S/C18H20N4O2/c1-14(2)21(12-15-8-4-3-5-9-15)17(23)13-22-18(24)20-11-7-6-10-16(20)19-22/h3-11,14H,12-13H2,1-2H3. The quantitative estimate of drug-likeness (QED) is 0.720. The van der Waals surface area contributed by atoms with Gasteiger partial charge in [0.2, 0.25) is 5.91 Å². The van der Waals surface area contributed by atoms with Crippen molar-refractivity contribution >= 4 is 11.6 Å². The lowest BCUT2D eigenvalue weighted by atomic mass is 10.2. The molecule has 0 saturated heterocycles. The SMILES string of the molecule is CC(C)N(Cc1ccccc1)C(=O)Cn1nc2ccccn2c1=O. The molecule has 1 aromatic carbocycles. The molecule has 0 fully saturated rings. The predicted molar refractivity (Wildman–Crippen MR) is 91.6 cm³/mol. The highest BCUT2D eigenvalue weighted by Gasteiger charge is 2.19. The molecular formula is C18H20N4O2. The zero-order valence-corrected chi connectivity index (χ0v) is 13.8. The van der Waals surface area contributed by atoms with Gasteiger partial charge in [-0.25, -0.2) is 9.48 Å². The monoisotopic (exact) mass is 324 g/mol. The van der Waals surface area contributed by atoms with Gasteiger partial charge in [-0.15, -0.1) is 5.10 Å². The summed E-state index contributed by atoms with van der Waals surface area (Å²) in [5.41, 5.74) is 1.29. The lowest BCUT2D eigenvalue weighted by molar-refractivity contribution is -0.134. The van der Waals surface area contributed by atoms with E-state index in [1.807, 2.05) is 50.2 Å². The van der Waals surface area contributed by atoms with Gasteiger partial charge in [0.25, 0.3) is 0 Å². The first kappa shape index (κ1) is 16.0. The van der Waals surface area contributed by atoms with Crippen molar-refractivity contribution in [3.8, 4) is 0 Å². The Bertz CT molecular complexity index is 896. The topological polar surface area (TPSA) is 59.6 Å². The van der Waals surface area contributed by atoms with Crippen LogP contribution in [0.3, 0.4) is 0 Å². The van der Waals surface area contributed by atoms with Crippen LogP contribution in [0.1, 0.15) is 19.4 Å². The largest absolute Gasteiger partial charge is 0.350 e. The highest BCUT2D eigenvalue weighted by Crippen LogP contribution is 2.09. The van der Waals surface area contributed by atoms with E-state index < -0.39 is 0 Å². The minimum atomic E-state index is -0.303. The number of carbonyl (C=O) groups excluding carboxylic acids is 1. The molecule has 0 atom stereocenters. The molecule has 2 heterocycles. The highest BCUT2D eigenvalue weighted by atomic mass is 16.2. The zero-order valence-electron chi connectivity index (χ0n) is 13.8. The lowest BCUT2D eigenvalue weighted by Gasteiger charge is -2.26. The van der Waals surface area contributed by atoms with Gasteiger partial charge in [-0.2, -0.15) is 0 Å². The molecule has 124 valence electrons. The molecule has 2 aromatic heterocycles. The number of amides is 1. The van der Waals surface area contributed by atoms with E-state index in [0.29, 0.717) is 12.2 Å². The Morgan fingerprint density at radius 3 is 2.50 bits per heavy atom. The van der Waals surface area contributed by atoms with Crippen molar-refractivity contribution in [2.45, 2.75) is 33.0 Å². The summed E-state index contributed by atoms with van der Waals surface area (Å²) < 4.78 is 2.65. The van der Waals surface area contributed by atoms with Gasteiger partial charge in [0, 0.05) is 18.8 Å². The molecule has 0 spiro atoms. The van der Waals surface area contributed by atoms with Crippen LogP contribution in [0, 0.1) is 0 Å². The van der Waals surface area contributed by atoms with Crippen LogP contribution in [-0.4, -0.2) is 31.0 Å². The zero-order chi connectivity index (χ0) is 17.1. The van der Waals surface area contributed by atoms with Crippen molar-refractivity contribution < 1.29 is 4.79 Å². The van der Waals surface area contributed by atoms with E-state index in [4.69, 9.17) is 0 Å². The van der Waals surface area contributed by atoms with Gasteiger partial charge in [0.1, 0.15) is 6.54 Å². The van der Waals surface area contributed by atoms with Crippen molar-refractivity contribution in [1.29, 1.82) is 0 Å². The maximum atomic E-state index is 12.7. The summed E-state index contributed by atoms with van der Waals surface area (Å²) in [6.07, 6.45) is 1.65. The average Bonchev–Trinajstić information content (AvgIpc) is 2.89. The van der Waals surface area contributed by atoms with Gasteiger partial charge in [0.05, 0.1) is 0 Å². The number of aromatic nitrogens is 3. The first-order valence-corrected chi connectivity index (χ1v) is 7.94. The summed E-state index contributed by atoms with van der Waals surface area (Å²) in [4.78, 5) is 26.8. The molecule has 1 amide bonds. The molecule has 3 rings (SSSR count). The summed E-state index contributed by atoms with van der Waals surface area (Å²) in [6.45, 7) is 4.38. The summed E-state index contributed by atoms with van der Waals surface area (Å²) >= 11 is 0. The van der Waals surface area contributed by atoms with Gasteiger partial charge >= 0.3 is 5.69 Å². The third kappa shape index (κ3) is 3.22. The van der Waals surface area contributed by atoms with E-state index in [1.165, 1.54) is 9.08 Å². The molecular weight excluding hydrogens is 304 g/mol. The van der Waals surface area contributed by atoms with Gasteiger partial charge < -0.3 is 4.90 Å². The average molecular weight is 324 g/mol. The summed E-state index contributed by atoms with van der Waals surface area (Å²) in [6, 6.07) is 15.2. The molecule has 0 unspecified atom stereocenters. The van der Waals surface area contributed by atoms with Gasteiger partial charge in [-0.05, 0) is 31.5 Å². The lowest BCUT2D eigenvalue weighted by Crippen LogP contribution is -2.40. The summed E-state index contributed by atoms with van der Waals surface area (Å²) in [5, 5.41) is 4.22. The number of fused-ring (bicyclic) bond motifs is 1. The first-order chi connectivity index (χ1) is 11.6. The Morgan fingerprint density at radius 2 is 1.83 bits per heavy atom. The van der Waals surface area contributed by atoms with Crippen LogP contribution in [0.5, 0.6) is 0 Å². The molecule has 0 radical (unpaired) electrons. The van der Waals surface area contributed by atoms with Crippen molar-refractivity contribution in [3.63, 3.8) is 0 Å². The molecule has 0 aliphatic heterocycles. The van der Waals surface area contributed by atoms with E-state index >= 15 is 0 Å². The minimum absolute atomic E-state index is 0.0328. The van der Waals surface area contributed by atoms with Crippen molar-refractivity contribution in [1.82, 2.24) is 19.1 Å². The number of benzene rings is 1. The van der Waals surface area contributed by atoms with E-state index in [9.17, 15) is 9.59 Å². The summed E-state index contributed by atoms with van der Waals surface area (Å²) in [7, 11) is 0. The molecule has 0 aliphatic carbocycles. The molecule has 0 bridgehead atoms. The smallest absolute Gasteiger partial charge is 0.334 e. The molecule has 0 aliphatic rings. The number of hydrogen-bond donors (Lipinski definition) is 0. The Labute approximate surface area is 139 Å². The minimum Gasteiger partial charge on any atom is -0.334 e. The number of hydrogen-bond acceptors (Lipinski definition) is 3. The van der Waals surface area contributed by atoms with Crippen LogP contribution < -0.4 is 5.69 Å². The van der Waals surface area contributed by atoms with E-state index in [-0.39, 0.29) is 24.2 Å². The number of carbonyl (C=O) groups is 1. The number of rotatable bonds is 5. The normalized spacial score (nSPS) is 11.1. The fraction of sp³-hybridized carbons (Fsp3) is 0.278. The van der Waals surface area contributed by atoms with Crippen LogP contribution in [-0.2, 0) is 17.9 Å². The Kier molecular flexibility index (Phi) is 4.46. The number of nitrogens with zero attached hydrogens (tertiary/aromatic N) is 4. The second-order valence-corrected chi connectivity index (χ2v) is 5.97. The highest BCUT2D eigenvalue weighted by molar-refractivity contribution is 5.76. The van der Waals surface area contributed by atoms with Crippen LogP contribution in [0.25, 0.3) is 5.65 Å². The van der Waals surface area contributed by atoms with Crippen LogP contribution in [0.2, 0.25) is 0 Å². The molecule has 0 N–H and O–H groups in total. The molecule has 0 saturated carbocycles. The van der Waals surface area contributed by atoms with E-state index in [1.54, 1.807) is 23.2 Å². The second-order valence-electron chi connectivity index (χ2n) is 5.97. The van der Waals surface area contributed by atoms with Crippen LogP contribution >= 0.6 is 0 Å². The second kappa shape index (κ2) is 6.70. The third-order valence-corrected chi connectivity index (χ3v) is 3.91. The Morgan fingerprint density at radius 1 is 1.12 bits per heavy atom.